The predicted octanol–water partition coefficient (Wildman–Crippen LogP) is 3.20. The molecule has 0 aliphatic heterocycles. The van der Waals surface area contributed by atoms with Crippen molar-refractivity contribution in [2.24, 2.45) is 5.92 Å². The molecule has 1 N–H and O–H groups in total. The molecule has 0 aliphatic carbocycles. The molecule has 1 unspecified atom stereocenters. The average Bonchev–Trinajstić information content (AvgIpc) is 2.00. The van der Waals surface area contributed by atoms with Gasteiger partial charge in [-0.15, -0.1) is 0 Å². The topological polar surface area (TPSA) is 12.0 Å². The number of unbranched alkanes of at least 4 members (excludes halogenated alkanes) is 1. The second-order valence-electron chi connectivity index (χ2n) is 4.03. The van der Waals surface area contributed by atoms with Gasteiger partial charge in [-0.2, -0.15) is 0 Å². The Labute approximate surface area is 77.9 Å². The monoisotopic (exact) mass is 171 g/mol. The SMILES string of the molecule is CCCCC(CC(C)C)NCC. The summed E-state index contributed by atoms with van der Waals surface area (Å²) in [5.41, 5.74) is 0. The van der Waals surface area contributed by atoms with Gasteiger partial charge in [0.05, 0.1) is 0 Å². The van der Waals surface area contributed by atoms with Crippen molar-refractivity contribution in [2.45, 2.75) is 59.4 Å². The summed E-state index contributed by atoms with van der Waals surface area (Å²) in [4.78, 5) is 0. The molecule has 0 aliphatic rings. The van der Waals surface area contributed by atoms with Gasteiger partial charge in [-0.05, 0) is 25.3 Å². The van der Waals surface area contributed by atoms with Crippen LogP contribution in [0, 0.1) is 5.92 Å². The van der Waals surface area contributed by atoms with Crippen molar-refractivity contribution in [1.29, 1.82) is 0 Å². The lowest BCUT2D eigenvalue weighted by molar-refractivity contribution is 0.396. The van der Waals surface area contributed by atoms with Gasteiger partial charge in [0.2, 0.25) is 0 Å². The first-order chi connectivity index (χ1) is 5.70. The molecular formula is C11H25N. The summed E-state index contributed by atoms with van der Waals surface area (Å²) in [6.07, 6.45) is 5.36. The molecule has 0 aromatic rings. The lowest BCUT2D eigenvalue weighted by Gasteiger charge is -2.19. The highest BCUT2D eigenvalue weighted by Crippen LogP contribution is 2.10. The smallest absolute Gasteiger partial charge is 0.00693 e. The molecule has 0 spiro atoms. The fourth-order valence-electron chi connectivity index (χ4n) is 1.61. The Balaban J connectivity index is 3.54. The number of hydrogen-bond donors (Lipinski definition) is 1. The molecule has 0 heterocycles. The van der Waals surface area contributed by atoms with E-state index in [1.54, 1.807) is 0 Å². The summed E-state index contributed by atoms with van der Waals surface area (Å²) in [6.45, 7) is 10.2. The summed E-state index contributed by atoms with van der Waals surface area (Å²) in [5.74, 6) is 0.825. The highest BCUT2D eigenvalue weighted by atomic mass is 14.9. The van der Waals surface area contributed by atoms with Gasteiger partial charge in [0.25, 0.3) is 0 Å². The predicted molar refractivity (Wildman–Crippen MR) is 56.4 cm³/mol. The average molecular weight is 171 g/mol. The van der Waals surface area contributed by atoms with Crippen LogP contribution in [0.25, 0.3) is 0 Å². The molecule has 1 atom stereocenters. The summed E-state index contributed by atoms with van der Waals surface area (Å²) in [6, 6.07) is 0.759. The van der Waals surface area contributed by atoms with Crippen LogP contribution in [0.5, 0.6) is 0 Å². The van der Waals surface area contributed by atoms with Crippen LogP contribution >= 0.6 is 0 Å². The Morgan fingerprint density at radius 3 is 2.25 bits per heavy atom. The third-order valence-corrected chi connectivity index (χ3v) is 2.15. The van der Waals surface area contributed by atoms with Crippen molar-refractivity contribution >= 4 is 0 Å². The number of nitrogens with one attached hydrogen (secondary N) is 1. The highest BCUT2D eigenvalue weighted by Gasteiger charge is 2.07. The van der Waals surface area contributed by atoms with E-state index in [1.807, 2.05) is 0 Å². The summed E-state index contributed by atoms with van der Waals surface area (Å²) in [7, 11) is 0. The van der Waals surface area contributed by atoms with Crippen LogP contribution in [-0.2, 0) is 0 Å². The van der Waals surface area contributed by atoms with Gasteiger partial charge in [-0.3, -0.25) is 0 Å². The van der Waals surface area contributed by atoms with Crippen molar-refractivity contribution in [2.75, 3.05) is 6.54 Å². The molecule has 1 nitrogen and oxygen atoms in total. The molecule has 0 fully saturated rings. The fraction of sp³-hybridized carbons (Fsp3) is 1.00. The van der Waals surface area contributed by atoms with E-state index in [4.69, 9.17) is 0 Å². The lowest BCUT2D eigenvalue weighted by Crippen LogP contribution is -2.30. The molecule has 0 saturated heterocycles. The van der Waals surface area contributed by atoms with Crippen molar-refractivity contribution in [1.82, 2.24) is 5.32 Å². The van der Waals surface area contributed by atoms with Gasteiger partial charge < -0.3 is 5.32 Å². The Morgan fingerprint density at radius 2 is 1.83 bits per heavy atom. The molecule has 0 amide bonds. The van der Waals surface area contributed by atoms with Crippen LogP contribution < -0.4 is 5.32 Å². The largest absolute Gasteiger partial charge is 0.314 e. The van der Waals surface area contributed by atoms with E-state index in [0.29, 0.717) is 0 Å². The van der Waals surface area contributed by atoms with Crippen LogP contribution in [0.2, 0.25) is 0 Å². The van der Waals surface area contributed by atoms with Crippen LogP contribution in [0.3, 0.4) is 0 Å². The van der Waals surface area contributed by atoms with Crippen molar-refractivity contribution in [3.8, 4) is 0 Å². The molecule has 1 heteroatoms. The number of hydrogen-bond acceptors (Lipinski definition) is 1. The highest BCUT2D eigenvalue weighted by molar-refractivity contribution is 4.67. The standard InChI is InChI=1S/C11H25N/c1-5-7-8-11(12-6-2)9-10(3)4/h10-12H,5-9H2,1-4H3. The second kappa shape index (κ2) is 7.60. The van der Waals surface area contributed by atoms with Gasteiger partial charge >= 0.3 is 0 Å². The maximum absolute atomic E-state index is 3.55. The Hall–Kier alpha value is -0.0400. The zero-order valence-electron chi connectivity index (χ0n) is 9.19. The van der Waals surface area contributed by atoms with Crippen LogP contribution in [0.1, 0.15) is 53.4 Å². The van der Waals surface area contributed by atoms with Crippen LogP contribution in [0.15, 0.2) is 0 Å². The maximum Gasteiger partial charge on any atom is 0.00693 e. The summed E-state index contributed by atoms with van der Waals surface area (Å²) in [5, 5.41) is 3.55. The molecular weight excluding hydrogens is 146 g/mol. The fourth-order valence-corrected chi connectivity index (χ4v) is 1.61. The van der Waals surface area contributed by atoms with Crippen molar-refractivity contribution < 1.29 is 0 Å². The van der Waals surface area contributed by atoms with E-state index in [-0.39, 0.29) is 0 Å². The molecule has 0 aromatic carbocycles. The van der Waals surface area contributed by atoms with E-state index in [2.05, 4.69) is 33.0 Å². The lowest BCUT2D eigenvalue weighted by atomic mass is 9.99. The molecule has 0 aromatic heterocycles. The van der Waals surface area contributed by atoms with Gasteiger partial charge in [0.15, 0.2) is 0 Å². The van der Waals surface area contributed by atoms with E-state index in [1.165, 1.54) is 25.7 Å². The van der Waals surface area contributed by atoms with E-state index in [9.17, 15) is 0 Å². The number of rotatable bonds is 7. The maximum atomic E-state index is 3.55. The van der Waals surface area contributed by atoms with Gasteiger partial charge in [-0.1, -0.05) is 40.5 Å². The minimum atomic E-state index is 0.759. The molecule has 0 saturated carbocycles. The normalized spacial score (nSPS) is 13.8. The van der Waals surface area contributed by atoms with Gasteiger partial charge in [-0.25, -0.2) is 0 Å². The Morgan fingerprint density at radius 1 is 1.17 bits per heavy atom. The molecule has 12 heavy (non-hydrogen) atoms. The van der Waals surface area contributed by atoms with E-state index in [0.717, 1.165) is 18.5 Å². The quantitative estimate of drug-likeness (QED) is 0.620. The van der Waals surface area contributed by atoms with Crippen molar-refractivity contribution in [3.63, 3.8) is 0 Å². The Bertz CT molecular complexity index is 89.0. The van der Waals surface area contributed by atoms with Crippen LogP contribution in [0.4, 0.5) is 0 Å². The second-order valence-corrected chi connectivity index (χ2v) is 4.03. The third kappa shape index (κ3) is 6.66. The zero-order chi connectivity index (χ0) is 9.40. The minimum Gasteiger partial charge on any atom is -0.314 e. The van der Waals surface area contributed by atoms with Gasteiger partial charge in [0.1, 0.15) is 0 Å². The zero-order valence-corrected chi connectivity index (χ0v) is 9.19. The summed E-state index contributed by atoms with van der Waals surface area (Å²) >= 11 is 0. The van der Waals surface area contributed by atoms with E-state index >= 15 is 0 Å². The molecule has 0 rings (SSSR count). The minimum absolute atomic E-state index is 0.759. The third-order valence-electron chi connectivity index (χ3n) is 2.15. The van der Waals surface area contributed by atoms with E-state index < -0.39 is 0 Å². The molecule has 74 valence electrons. The molecule has 0 radical (unpaired) electrons. The summed E-state index contributed by atoms with van der Waals surface area (Å²) < 4.78 is 0. The van der Waals surface area contributed by atoms with Crippen LogP contribution in [-0.4, -0.2) is 12.6 Å². The Kier molecular flexibility index (Phi) is 7.58. The first-order valence-electron chi connectivity index (χ1n) is 5.44. The first kappa shape index (κ1) is 12.0. The first-order valence-corrected chi connectivity index (χ1v) is 5.44. The van der Waals surface area contributed by atoms with Gasteiger partial charge in [0, 0.05) is 6.04 Å². The van der Waals surface area contributed by atoms with Crippen molar-refractivity contribution in [3.05, 3.63) is 0 Å². The molecule has 0 bridgehead atoms.